The van der Waals surface area contributed by atoms with Gasteiger partial charge in [0.2, 0.25) is 5.96 Å². The lowest BCUT2D eigenvalue weighted by Crippen LogP contribution is -2.59. The molecule has 7 heterocycles. The Balaban J connectivity index is 0.000000151. The highest BCUT2D eigenvalue weighted by Crippen LogP contribution is 2.31. The van der Waals surface area contributed by atoms with Crippen LogP contribution in [0.5, 0.6) is 0 Å². The van der Waals surface area contributed by atoms with Crippen molar-refractivity contribution in [1.82, 2.24) is 49.2 Å². The minimum Gasteiger partial charge on any atom is -0.358 e. The quantitative estimate of drug-likeness (QED) is 0.180. The summed E-state index contributed by atoms with van der Waals surface area (Å²) in [7, 11) is 1.86. The molecular weight excluding hydrogens is 953 g/mol. The molecule has 2 atom stereocenters. The van der Waals surface area contributed by atoms with Gasteiger partial charge in [-0.15, -0.1) is 0 Å². The van der Waals surface area contributed by atoms with Crippen LogP contribution in [0.2, 0.25) is 0 Å². The molecule has 4 fully saturated rings. The number of rotatable bonds is 11. The first-order chi connectivity index (χ1) is 37.1. The molecule has 0 saturated carbocycles. The standard InChI is InChI=1S/C20H27N5O.C20H26N4O.C19H23N5O/c1-3-18-22-19(23-12-8-5-9-13-23)25(20(26)24(18)4-2)15-17-11-7-6-10-16(17)14-21;1-3-18-13-19(23-11-7-4-8-12-23)24(20(25)22(18)2)15-17-10-6-5-9-16(17)14-21;20-13-16-7-2-3-8-17(16)14-23-18(21-9-4-1-5-10-21)15-22-11-6-12-24(22)19(23)25/h6-7,10-11,18H,3-5,8-9,12-13,15H2,1-2H3;5-6,9-10,13,18H,3-4,7-8,11-12,15H2,1-2H3;2-3,7-8,15H,1,4-6,9-12,14H2. The number of hydrogen-bond donors (Lipinski definition) is 0. The number of carbonyl (C=O) groups excluding carboxylic acids is 3. The molecule has 3 aromatic carbocycles. The van der Waals surface area contributed by atoms with Crippen LogP contribution in [0.4, 0.5) is 14.4 Å². The Hall–Kier alpha value is -7.71. The number of amides is 6. The van der Waals surface area contributed by atoms with Gasteiger partial charge in [-0.3, -0.25) is 19.7 Å². The van der Waals surface area contributed by atoms with E-state index in [2.05, 4.69) is 64.0 Å². The summed E-state index contributed by atoms with van der Waals surface area (Å²) in [5.41, 5.74) is 4.53. The van der Waals surface area contributed by atoms with E-state index in [9.17, 15) is 30.2 Å². The van der Waals surface area contributed by atoms with Crippen LogP contribution < -0.4 is 0 Å². The topological polar surface area (TPSA) is 167 Å². The highest BCUT2D eigenvalue weighted by molar-refractivity contribution is 5.98. The van der Waals surface area contributed by atoms with Gasteiger partial charge in [-0.05, 0) is 125 Å². The van der Waals surface area contributed by atoms with E-state index >= 15 is 0 Å². The van der Waals surface area contributed by atoms with Crippen LogP contribution in [0.1, 0.15) is 131 Å². The zero-order valence-corrected chi connectivity index (χ0v) is 45.2. The SMILES string of the molecule is CCC1C=C(N2CCCCC2)N(Cc2ccccc2C#N)C(=O)N1C.CCC1N=C(N2CCCCC2)N(Cc2ccccc2C#N)C(=O)N1CC.N#Cc1ccccc1CN1C(=O)N2CCCN2C=C1N1CCCCC1. The monoisotopic (exact) mass is 1030 g/mol. The van der Waals surface area contributed by atoms with Gasteiger partial charge in [0.1, 0.15) is 17.8 Å². The zero-order valence-electron chi connectivity index (χ0n) is 45.2. The molecule has 0 N–H and O–H groups in total. The second-order valence-corrected chi connectivity index (χ2v) is 20.4. The molecule has 0 aromatic heterocycles. The van der Waals surface area contributed by atoms with E-state index in [4.69, 9.17) is 4.99 Å². The smallest absolute Gasteiger partial charge is 0.344 e. The summed E-state index contributed by atoms with van der Waals surface area (Å²) in [4.78, 5) is 60.4. The van der Waals surface area contributed by atoms with Crippen molar-refractivity contribution in [3.05, 3.63) is 130 Å². The average Bonchev–Trinajstić information content (AvgIpc) is 3.97. The summed E-state index contributed by atoms with van der Waals surface area (Å²) < 4.78 is 0. The van der Waals surface area contributed by atoms with Crippen molar-refractivity contribution in [2.24, 2.45) is 4.99 Å². The molecule has 0 bridgehead atoms. The summed E-state index contributed by atoms with van der Waals surface area (Å²) >= 11 is 0. The van der Waals surface area contributed by atoms with Crippen LogP contribution in [0.3, 0.4) is 0 Å². The van der Waals surface area contributed by atoms with E-state index in [0.717, 1.165) is 132 Å². The van der Waals surface area contributed by atoms with Crippen LogP contribution in [-0.4, -0.2) is 151 Å². The lowest BCUT2D eigenvalue weighted by atomic mass is 10.1. The number of aliphatic imine (C=N–C) groups is 1. The van der Waals surface area contributed by atoms with Gasteiger partial charge in [-0.1, -0.05) is 68.4 Å². The van der Waals surface area contributed by atoms with Crippen molar-refractivity contribution in [2.45, 2.75) is 130 Å². The third kappa shape index (κ3) is 12.3. The number of fused-ring (bicyclic) bond motifs is 1. The predicted octanol–water partition coefficient (Wildman–Crippen LogP) is 9.63. The third-order valence-corrected chi connectivity index (χ3v) is 15.6. The summed E-state index contributed by atoms with van der Waals surface area (Å²) in [6.45, 7) is 15.6. The first-order valence-corrected chi connectivity index (χ1v) is 27.8. The summed E-state index contributed by atoms with van der Waals surface area (Å²) in [6, 6.07) is 29.4. The molecule has 10 rings (SSSR count). The molecule has 2 unspecified atom stereocenters. The largest absolute Gasteiger partial charge is 0.358 e. The number of likely N-dealkylation sites (tertiary alicyclic amines) is 3. The molecule has 17 heteroatoms. The molecule has 6 amide bonds. The van der Waals surface area contributed by atoms with E-state index in [1.165, 1.54) is 32.1 Å². The van der Waals surface area contributed by atoms with Crippen LogP contribution in [-0.2, 0) is 19.6 Å². The molecular formula is C59H76N14O3. The number of urea groups is 3. The van der Waals surface area contributed by atoms with Crippen LogP contribution in [0, 0.1) is 34.0 Å². The van der Waals surface area contributed by atoms with E-state index in [-0.39, 0.29) is 30.3 Å². The number of nitriles is 3. The van der Waals surface area contributed by atoms with Crippen molar-refractivity contribution in [3.63, 3.8) is 0 Å². The number of hydrogen-bond acceptors (Lipinski definition) is 11. The number of nitrogens with zero attached hydrogens (tertiary/aromatic N) is 14. The Morgan fingerprint density at radius 3 is 1.45 bits per heavy atom. The first kappa shape index (κ1) is 54.5. The lowest BCUT2D eigenvalue weighted by Gasteiger charge is -2.44. The fraction of sp³-hybridized carbons (Fsp3) is 0.508. The first-order valence-electron chi connectivity index (χ1n) is 27.8. The zero-order chi connectivity index (χ0) is 53.6. The van der Waals surface area contributed by atoms with Gasteiger partial charge < -0.3 is 24.5 Å². The van der Waals surface area contributed by atoms with Crippen molar-refractivity contribution in [3.8, 4) is 18.2 Å². The molecule has 76 heavy (non-hydrogen) atoms. The molecule has 7 aliphatic heterocycles. The van der Waals surface area contributed by atoms with E-state index in [1.54, 1.807) is 11.0 Å². The Morgan fingerprint density at radius 2 is 0.974 bits per heavy atom. The Labute approximate surface area is 450 Å². The molecule has 3 aromatic rings. The normalized spacial score (nSPS) is 20.8. The summed E-state index contributed by atoms with van der Waals surface area (Å²) in [5.74, 6) is 2.77. The second kappa shape index (κ2) is 26.2. The molecule has 7 aliphatic rings. The average molecular weight is 1030 g/mol. The molecule has 4 saturated heterocycles. The molecule has 0 aliphatic carbocycles. The number of guanidine groups is 1. The van der Waals surface area contributed by atoms with Crippen LogP contribution in [0.15, 0.2) is 102 Å². The van der Waals surface area contributed by atoms with Crippen molar-refractivity contribution < 1.29 is 14.4 Å². The number of likely N-dealkylation sites (N-methyl/N-ethyl adjacent to an activating group) is 1. The summed E-state index contributed by atoms with van der Waals surface area (Å²) in [5, 5.41) is 32.0. The molecule has 0 radical (unpaired) electrons. The molecule has 17 nitrogen and oxygen atoms in total. The van der Waals surface area contributed by atoms with Gasteiger partial charge in [0, 0.05) is 66.0 Å². The minimum atomic E-state index is -0.105. The minimum absolute atomic E-state index is 0.0114. The highest BCUT2D eigenvalue weighted by Gasteiger charge is 2.40. The van der Waals surface area contributed by atoms with E-state index in [0.29, 0.717) is 42.9 Å². The Morgan fingerprint density at radius 1 is 0.513 bits per heavy atom. The number of carbonyl (C=O) groups is 3. The number of hydrazine groups is 1. The maximum Gasteiger partial charge on any atom is 0.344 e. The molecule has 400 valence electrons. The fourth-order valence-electron chi connectivity index (χ4n) is 11.3. The molecule has 0 spiro atoms. The van der Waals surface area contributed by atoms with Gasteiger partial charge in [-0.2, -0.15) is 15.8 Å². The Kier molecular flexibility index (Phi) is 18.8. The maximum absolute atomic E-state index is 13.2. The van der Waals surface area contributed by atoms with Crippen molar-refractivity contribution in [1.29, 1.82) is 15.8 Å². The number of benzene rings is 3. The Bertz CT molecular complexity index is 2710. The highest BCUT2D eigenvalue weighted by atomic mass is 16.2. The van der Waals surface area contributed by atoms with Gasteiger partial charge >= 0.3 is 18.1 Å². The van der Waals surface area contributed by atoms with Gasteiger partial charge in [0.15, 0.2) is 0 Å². The fourth-order valence-corrected chi connectivity index (χ4v) is 11.3. The van der Waals surface area contributed by atoms with E-state index in [1.807, 2.05) is 105 Å². The van der Waals surface area contributed by atoms with E-state index < -0.39 is 0 Å². The van der Waals surface area contributed by atoms with Crippen LogP contribution >= 0.6 is 0 Å². The van der Waals surface area contributed by atoms with Gasteiger partial charge in [0.05, 0.1) is 66.8 Å². The van der Waals surface area contributed by atoms with Crippen LogP contribution in [0.25, 0.3) is 0 Å². The van der Waals surface area contributed by atoms with Gasteiger partial charge in [0.25, 0.3) is 0 Å². The third-order valence-electron chi connectivity index (χ3n) is 15.6. The van der Waals surface area contributed by atoms with Crippen molar-refractivity contribution in [2.75, 3.05) is 66.0 Å². The number of piperidine rings is 3. The van der Waals surface area contributed by atoms with Crippen molar-refractivity contribution >= 4 is 24.1 Å². The van der Waals surface area contributed by atoms with Gasteiger partial charge in [-0.25, -0.2) is 24.4 Å². The predicted molar refractivity (Wildman–Crippen MR) is 292 cm³/mol. The maximum atomic E-state index is 13.2. The summed E-state index contributed by atoms with van der Waals surface area (Å²) in [6.07, 6.45) is 17.6. The lowest BCUT2D eigenvalue weighted by molar-refractivity contribution is 0.0459. The second-order valence-electron chi connectivity index (χ2n) is 20.4.